The molecule has 5 heteroatoms. The number of hydrogen-bond donors (Lipinski definition) is 0. The van der Waals surface area contributed by atoms with Gasteiger partial charge in [-0.05, 0) is 92.2 Å². The molecule has 2 saturated carbocycles. The van der Waals surface area contributed by atoms with Crippen molar-refractivity contribution in [3.63, 3.8) is 0 Å². The zero-order chi connectivity index (χ0) is 25.1. The fourth-order valence-corrected chi connectivity index (χ4v) is 9.61. The molecule has 0 aliphatic heterocycles. The predicted octanol–water partition coefficient (Wildman–Crippen LogP) is 7.81. The molecule has 1 heterocycles. The predicted molar refractivity (Wildman–Crippen MR) is 147 cm³/mol. The van der Waals surface area contributed by atoms with Gasteiger partial charge in [0.05, 0.1) is 10.6 Å². The number of aromatic nitrogens is 1. The fourth-order valence-electron chi connectivity index (χ4n) is 8.34. The second kappa shape index (κ2) is 9.01. The highest BCUT2D eigenvalue weighted by molar-refractivity contribution is 7.16. The number of anilines is 2. The molecule has 0 radical (unpaired) electrons. The van der Waals surface area contributed by atoms with E-state index in [1.54, 1.807) is 5.57 Å². The molecule has 192 valence electrons. The molecule has 0 spiro atoms. The van der Waals surface area contributed by atoms with Gasteiger partial charge in [-0.3, -0.25) is 4.79 Å². The van der Waals surface area contributed by atoms with E-state index in [9.17, 15) is 4.79 Å². The SMILES string of the molecule is CCCC(=O)O[C@H]1CC[C@H]2[C@@H]3CC=C4c5sc(N(C)c6ccccc6)nc5CC[C@]4(C)[C@H]3CC[C@]12C. The Morgan fingerprint density at radius 3 is 2.72 bits per heavy atom. The van der Waals surface area contributed by atoms with E-state index < -0.39 is 0 Å². The van der Waals surface area contributed by atoms with Crippen molar-refractivity contribution in [3.05, 3.63) is 47.0 Å². The Balaban J connectivity index is 1.27. The van der Waals surface area contributed by atoms with Gasteiger partial charge in [-0.15, -0.1) is 0 Å². The third kappa shape index (κ3) is 3.68. The lowest BCUT2D eigenvalue weighted by Crippen LogP contribution is -2.50. The minimum Gasteiger partial charge on any atom is -0.462 e. The molecule has 4 aliphatic rings. The normalized spacial score (nSPS) is 34.6. The molecule has 1 aromatic heterocycles. The lowest BCUT2D eigenvalue weighted by Gasteiger charge is -2.56. The summed E-state index contributed by atoms with van der Waals surface area (Å²) >= 11 is 1.88. The molecule has 2 aromatic rings. The highest BCUT2D eigenvalue weighted by atomic mass is 32.1. The minimum absolute atomic E-state index is 0.00515. The molecule has 36 heavy (non-hydrogen) atoms. The number of fused-ring (bicyclic) bond motifs is 7. The van der Waals surface area contributed by atoms with E-state index in [2.05, 4.69) is 69.1 Å². The van der Waals surface area contributed by atoms with Crippen LogP contribution < -0.4 is 4.90 Å². The lowest BCUT2D eigenvalue weighted by atomic mass is 9.48. The number of carbonyl (C=O) groups is 1. The number of ether oxygens (including phenoxy) is 1. The second-order valence-electron chi connectivity index (χ2n) is 12.2. The Morgan fingerprint density at radius 2 is 1.94 bits per heavy atom. The molecule has 0 saturated heterocycles. The van der Waals surface area contributed by atoms with E-state index in [-0.39, 0.29) is 22.9 Å². The smallest absolute Gasteiger partial charge is 0.306 e. The van der Waals surface area contributed by atoms with Crippen molar-refractivity contribution in [3.8, 4) is 0 Å². The minimum atomic E-state index is 0.00515. The number of nitrogens with zero attached hydrogens (tertiary/aromatic N) is 2. The standard InChI is InChI=1S/C31H40N2O2S/c1-5-9-27(34)35-26-15-14-22-21-12-13-24-28-25(17-19-30(24,2)23(21)16-18-31(22,26)3)32-29(36-28)33(4)20-10-7-6-8-11-20/h6-8,10-11,13,21-23,26H,5,9,12,14-19H2,1-4H3/t21-,22-,23-,26-,30+,31-/m0/s1. The number of para-hydroxylation sites is 1. The van der Waals surface area contributed by atoms with Crippen LogP contribution in [0.15, 0.2) is 36.4 Å². The largest absolute Gasteiger partial charge is 0.462 e. The maximum absolute atomic E-state index is 12.4. The van der Waals surface area contributed by atoms with Crippen molar-refractivity contribution < 1.29 is 9.53 Å². The molecule has 0 bridgehead atoms. The topological polar surface area (TPSA) is 42.4 Å². The Morgan fingerprint density at radius 1 is 1.14 bits per heavy atom. The van der Waals surface area contributed by atoms with Gasteiger partial charge >= 0.3 is 5.97 Å². The van der Waals surface area contributed by atoms with Crippen molar-refractivity contribution in [2.45, 2.75) is 84.7 Å². The van der Waals surface area contributed by atoms with Gasteiger partial charge in [-0.2, -0.15) is 0 Å². The summed E-state index contributed by atoms with van der Waals surface area (Å²) in [6.45, 7) is 7.04. The first-order valence-electron chi connectivity index (χ1n) is 14.0. The van der Waals surface area contributed by atoms with Crippen LogP contribution in [0.2, 0.25) is 0 Å². The van der Waals surface area contributed by atoms with Crippen LogP contribution in [0.1, 0.15) is 82.7 Å². The highest BCUT2D eigenvalue weighted by Crippen LogP contribution is 2.66. The first-order chi connectivity index (χ1) is 17.3. The van der Waals surface area contributed by atoms with Crippen LogP contribution >= 0.6 is 11.3 Å². The zero-order valence-corrected chi connectivity index (χ0v) is 23.1. The summed E-state index contributed by atoms with van der Waals surface area (Å²) < 4.78 is 6.08. The van der Waals surface area contributed by atoms with Crippen molar-refractivity contribution in [1.82, 2.24) is 4.98 Å². The summed E-state index contributed by atoms with van der Waals surface area (Å²) in [5, 5.41) is 1.10. The third-order valence-electron chi connectivity index (χ3n) is 10.3. The van der Waals surface area contributed by atoms with E-state index in [0.717, 1.165) is 30.8 Å². The van der Waals surface area contributed by atoms with Crippen LogP contribution in [-0.2, 0) is 16.0 Å². The van der Waals surface area contributed by atoms with Gasteiger partial charge in [0.25, 0.3) is 0 Å². The van der Waals surface area contributed by atoms with Gasteiger partial charge in [-0.25, -0.2) is 4.98 Å². The van der Waals surface area contributed by atoms with E-state index in [1.165, 1.54) is 41.9 Å². The second-order valence-corrected chi connectivity index (χ2v) is 13.1. The van der Waals surface area contributed by atoms with Gasteiger partial charge in [0, 0.05) is 24.6 Å². The van der Waals surface area contributed by atoms with Gasteiger partial charge < -0.3 is 9.64 Å². The van der Waals surface area contributed by atoms with E-state index in [0.29, 0.717) is 24.2 Å². The van der Waals surface area contributed by atoms with Gasteiger partial charge in [0.15, 0.2) is 5.13 Å². The summed E-state index contributed by atoms with van der Waals surface area (Å²) in [7, 11) is 2.13. The number of rotatable bonds is 5. The number of thiazole rings is 1. The molecular formula is C31H40N2O2S. The lowest BCUT2D eigenvalue weighted by molar-refractivity contribution is -0.159. The number of benzene rings is 1. The number of carbonyl (C=O) groups excluding carboxylic acids is 1. The van der Waals surface area contributed by atoms with Gasteiger partial charge in [0.2, 0.25) is 0 Å². The molecular weight excluding hydrogens is 464 g/mol. The van der Waals surface area contributed by atoms with E-state index >= 15 is 0 Å². The Labute approximate surface area is 220 Å². The van der Waals surface area contributed by atoms with Crippen molar-refractivity contribution in [1.29, 1.82) is 0 Å². The van der Waals surface area contributed by atoms with Gasteiger partial charge in [-0.1, -0.05) is 56.4 Å². The zero-order valence-electron chi connectivity index (χ0n) is 22.3. The van der Waals surface area contributed by atoms with Crippen LogP contribution in [0.5, 0.6) is 0 Å². The number of aryl methyl sites for hydroxylation is 1. The molecule has 2 fully saturated rings. The first-order valence-corrected chi connectivity index (χ1v) is 14.9. The maximum Gasteiger partial charge on any atom is 0.306 e. The van der Waals surface area contributed by atoms with Gasteiger partial charge in [0.1, 0.15) is 6.10 Å². The number of esters is 1. The van der Waals surface area contributed by atoms with Crippen molar-refractivity contribution in [2.24, 2.45) is 28.6 Å². The van der Waals surface area contributed by atoms with E-state index in [4.69, 9.17) is 9.72 Å². The molecule has 4 aliphatic carbocycles. The molecule has 6 rings (SSSR count). The molecule has 0 amide bonds. The summed E-state index contributed by atoms with van der Waals surface area (Å²) in [5.41, 5.74) is 4.42. The summed E-state index contributed by atoms with van der Waals surface area (Å²) in [6.07, 6.45) is 12.2. The van der Waals surface area contributed by atoms with E-state index in [1.807, 2.05) is 11.3 Å². The quantitative estimate of drug-likeness (QED) is 0.390. The summed E-state index contributed by atoms with van der Waals surface area (Å²) in [4.78, 5) is 21.1. The first kappa shape index (κ1) is 24.2. The number of hydrogen-bond acceptors (Lipinski definition) is 5. The van der Waals surface area contributed by atoms with Crippen LogP contribution in [0, 0.1) is 28.6 Å². The maximum atomic E-state index is 12.4. The monoisotopic (exact) mass is 504 g/mol. The number of allylic oxidation sites excluding steroid dienone is 2. The summed E-state index contributed by atoms with van der Waals surface area (Å²) in [5.74, 6) is 2.08. The molecule has 1 aromatic carbocycles. The molecule has 6 atom stereocenters. The van der Waals surface area contributed by atoms with Crippen LogP contribution in [0.25, 0.3) is 5.57 Å². The van der Waals surface area contributed by atoms with Crippen molar-refractivity contribution >= 4 is 33.7 Å². The average molecular weight is 505 g/mol. The third-order valence-corrected chi connectivity index (χ3v) is 11.6. The van der Waals surface area contributed by atoms with Crippen LogP contribution in [0.3, 0.4) is 0 Å². The Hall–Kier alpha value is -2.14. The van der Waals surface area contributed by atoms with Crippen molar-refractivity contribution in [2.75, 3.05) is 11.9 Å². The van der Waals surface area contributed by atoms with Crippen LogP contribution in [-0.4, -0.2) is 24.1 Å². The summed E-state index contributed by atoms with van der Waals surface area (Å²) in [6, 6.07) is 10.6. The highest BCUT2D eigenvalue weighted by Gasteiger charge is 2.60. The molecule has 0 N–H and O–H groups in total. The average Bonchev–Trinajstić information content (AvgIpc) is 3.45. The van der Waals surface area contributed by atoms with Crippen LogP contribution in [0.4, 0.5) is 10.8 Å². The molecule has 4 nitrogen and oxygen atoms in total. The Bertz CT molecular complexity index is 1170. The fraction of sp³-hybridized carbons (Fsp3) is 0.613. The Kier molecular flexibility index (Phi) is 6.06. The molecule has 0 unspecified atom stereocenters.